The summed E-state index contributed by atoms with van der Waals surface area (Å²) in [7, 11) is 1.43. The van der Waals surface area contributed by atoms with Gasteiger partial charge >= 0.3 is 5.97 Å². The molecule has 1 aromatic carbocycles. The van der Waals surface area contributed by atoms with Crippen molar-refractivity contribution >= 4 is 5.97 Å². The quantitative estimate of drug-likeness (QED) is 0.740. The van der Waals surface area contributed by atoms with E-state index in [2.05, 4.69) is 29.2 Å². The number of hydrogen-bond donors (Lipinski definition) is 0. The minimum Gasteiger partial charge on any atom is -0.466 e. The maximum Gasteiger partial charge on any atom is 0.334 e. The maximum atomic E-state index is 11.8. The molecule has 0 bridgehead atoms. The van der Waals surface area contributed by atoms with E-state index < -0.39 is 0 Å². The molecule has 0 N–H and O–H groups in total. The average molecular weight is 345 g/mol. The minimum atomic E-state index is -0.286. The number of carbonyl (C=O) groups is 1. The van der Waals surface area contributed by atoms with Gasteiger partial charge in [0.2, 0.25) is 0 Å². The van der Waals surface area contributed by atoms with Crippen molar-refractivity contribution in [3.8, 4) is 0 Å². The van der Waals surface area contributed by atoms with E-state index in [9.17, 15) is 4.79 Å². The molecule has 1 unspecified atom stereocenters. The molecule has 1 fully saturated rings. The third kappa shape index (κ3) is 4.91. The molecule has 136 valence electrons. The fourth-order valence-electron chi connectivity index (χ4n) is 3.56. The van der Waals surface area contributed by atoms with Gasteiger partial charge in [-0.3, -0.25) is 4.90 Å². The first-order valence-corrected chi connectivity index (χ1v) is 8.96. The van der Waals surface area contributed by atoms with Gasteiger partial charge in [0.25, 0.3) is 0 Å². The Morgan fingerprint density at radius 3 is 2.84 bits per heavy atom. The molecule has 1 aromatic rings. The molecule has 5 nitrogen and oxygen atoms in total. The van der Waals surface area contributed by atoms with E-state index >= 15 is 0 Å². The fourth-order valence-corrected chi connectivity index (χ4v) is 3.56. The average Bonchev–Trinajstić information content (AvgIpc) is 2.67. The van der Waals surface area contributed by atoms with E-state index in [1.165, 1.54) is 12.7 Å². The lowest BCUT2D eigenvalue weighted by Gasteiger charge is -2.39. The summed E-state index contributed by atoms with van der Waals surface area (Å²) >= 11 is 0. The van der Waals surface area contributed by atoms with Crippen LogP contribution in [0.2, 0.25) is 0 Å². The van der Waals surface area contributed by atoms with Crippen LogP contribution in [0.3, 0.4) is 0 Å². The van der Waals surface area contributed by atoms with Gasteiger partial charge in [-0.25, -0.2) is 4.79 Å². The van der Waals surface area contributed by atoms with E-state index in [-0.39, 0.29) is 11.6 Å². The Labute approximate surface area is 149 Å². The van der Waals surface area contributed by atoms with Crippen molar-refractivity contribution in [2.24, 2.45) is 0 Å². The Bertz CT molecular complexity index is 593. The molecule has 0 saturated carbocycles. The fraction of sp³-hybridized carbons (Fsp3) is 0.550. The van der Waals surface area contributed by atoms with Gasteiger partial charge in [-0.2, -0.15) is 0 Å². The lowest BCUT2D eigenvalue weighted by Crippen LogP contribution is -2.48. The molecular weight excluding hydrogens is 318 g/mol. The summed E-state index contributed by atoms with van der Waals surface area (Å²) in [5.74, 6) is -0.221. The first-order valence-electron chi connectivity index (χ1n) is 8.96. The lowest BCUT2D eigenvalue weighted by atomic mass is 9.90. The number of benzene rings is 1. The Morgan fingerprint density at radius 1 is 1.28 bits per heavy atom. The molecule has 1 saturated heterocycles. The highest BCUT2D eigenvalue weighted by atomic mass is 16.6. The Morgan fingerprint density at radius 2 is 2.12 bits per heavy atom. The first kappa shape index (κ1) is 18.1. The van der Waals surface area contributed by atoms with Gasteiger partial charge in [-0.15, -0.1) is 0 Å². The Balaban J connectivity index is 1.61. The molecule has 2 heterocycles. The number of ether oxygens (including phenoxy) is 3. The highest BCUT2D eigenvalue weighted by Gasteiger charge is 2.35. The van der Waals surface area contributed by atoms with Crippen LogP contribution < -0.4 is 0 Å². The van der Waals surface area contributed by atoms with Crippen molar-refractivity contribution in [1.82, 2.24) is 4.90 Å². The largest absolute Gasteiger partial charge is 0.466 e. The van der Waals surface area contributed by atoms with Crippen molar-refractivity contribution in [1.29, 1.82) is 0 Å². The molecular formula is C20H27NO4. The van der Waals surface area contributed by atoms with E-state index in [4.69, 9.17) is 14.2 Å². The third-order valence-electron chi connectivity index (χ3n) is 4.93. The molecule has 0 amide bonds. The Hall–Kier alpha value is -1.69. The zero-order valence-electron chi connectivity index (χ0n) is 14.9. The summed E-state index contributed by atoms with van der Waals surface area (Å²) in [5, 5.41) is 0. The molecule has 2 aliphatic heterocycles. The van der Waals surface area contributed by atoms with Crippen molar-refractivity contribution in [2.45, 2.75) is 24.9 Å². The number of esters is 1. The minimum absolute atomic E-state index is 0.221. The van der Waals surface area contributed by atoms with Gasteiger partial charge < -0.3 is 14.2 Å². The summed E-state index contributed by atoms with van der Waals surface area (Å²) in [6.45, 7) is 4.41. The highest BCUT2D eigenvalue weighted by molar-refractivity contribution is 5.88. The van der Waals surface area contributed by atoms with Gasteiger partial charge in [0.1, 0.15) is 0 Å². The van der Waals surface area contributed by atoms with E-state index in [1.807, 2.05) is 12.1 Å². The summed E-state index contributed by atoms with van der Waals surface area (Å²) in [4.78, 5) is 14.1. The zero-order chi connectivity index (χ0) is 17.5. The van der Waals surface area contributed by atoms with Crippen molar-refractivity contribution in [2.75, 3.05) is 46.6 Å². The summed E-state index contributed by atoms with van der Waals surface area (Å²) in [6.07, 6.45) is 4.60. The number of hydrogen-bond acceptors (Lipinski definition) is 5. The second-order valence-corrected chi connectivity index (χ2v) is 6.78. The molecule has 3 rings (SSSR count). The SMILES string of the molecule is COC(=O)C1=CCCN(CCC2(Cc3ccccc3)COCCO2)C1. The van der Waals surface area contributed by atoms with Crippen LogP contribution in [-0.4, -0.2) is 63.0 Å². The number of rotatable bonds is 6. The predicted molar refractivity (Wildman–Crippen MR) is 95.4 cm³/mol. The van der Waals surface area contributed by atoms with Gasteiger partial charge in [-0.1, -0.05) is 36.4 Å². The van der Waals surface area contributed by atoms with Crippen LogP contribution in [0.15, 0.2) is 42.0 Å². The van der Waals surface area contributed by atoms with Gasteiger partial charge in [0, 0.05) is 31.6 Å². The maximum absolute atomic E-state index is 11.8. The second kappa shape index (κ2) is 8.61. The lowest BCUT2D eigenvalue weighted by molar-refractivity contribution is -0.161. The molecule has 2 aliphatic rings. The number of methoxy groups -OCH3 is 1. The molecule has 0 aliphatic carbocycles. The summed E-state index contributed by atoms with van der Waals surface area (Å²) in [5.41, 5.74) is 1.74. The van der Waals surface area contributed by atoms with Crippen LogP contribution in [-0.2, 0) is 25.4 Å². The molecule has 0 radical (unpaired) electrons. The first-order chi connectivity index (χ1) is 12.2. The standard InChI is InChI=1S/C20H27NO4/c1-23-19(22)18-8-5-10-21(15-18)11-9-20(16-24-12-13-25-20)14-17-6-3-2-4-7-17/h2-4,6-8H,5,9-16H2,1H3. The van der Waals surface area contributed by atoms with Crippen molar-refractivity contribution in [3.05, 3.63) is 47.5 Å². The monoisotopic (exact) mass is 345 g/mol. The number of nitrogens with zero attached hydrogens (tertiary/aromatic N) is 1. The van der Waals surface area contributed by atoms with Gasteiger partial charge in [-0.05, 0) is 18.4 Å². The van der Waals surface area contributed by atoms with Crippen LogP contribution in [0.1, 0.15) is 18.4 Å². The zero-order valence-corrected chi connectivity index (χ0v) is 14.9. The van der Waals surface area contributed by atoms with Crippen LogP contribution in [0.5, 0.6) is 0 Å². The summed E-state index contributed by atoms with van der Waals surface area (Å²) < 4.78 is 16.8. The van der Waals surface area contributed by atoms with Crippen LogP contribution >= 0.6 is 0 Å². The second-order valence-electron chi connectivity index (χ2n) is 6.78. The van der Waals surface area contributed by atoms with Crippen LogP contribution in [0.4, 0.5) is 0 Å². The smallest absolute Gasteiger partial charge is 0.334 e. The molecule has 0 aromatic heterocycles. The summed E-state index contributed by atoms with van der Waals surface area (Å²) in [6, 6.07) is 10.4. The molecule has 5 heteroatoms. The van der Waals surface area contributed by atoms with Gasteiger partial charge in [0.15, 0.2) is 0 Å². The van der Waals surface area contributed by atoms with E-state index in [0.29, 0.717) is 26.4 Å². The van der Waals surface area contributed by atoms with E-state index in [1.54, 1.807) is 0 Å². The number of carbonyl (C=O) groups excluding carboxylic acids is 1. The third-order valence-corrected chi connectivity index (χ3v) is 4.93. The Kier molecular flexibility index (Phi) is 6.24. The molecule has 25 heavy (non-hydrogen) atoms. The van der Waals surface area contributed by atoms with Crippen LogP contribution in [0, 0.1) is 0 Å². The van der Waals surface area contributed by atoms with Crippen molar-refractivity contribution < 1.29 is 19.0 Å². The normalized spacial score (nSPS) is 24.6. The topological polar surface area (TPSA) is 48.0 Å². The predicted octanol–water partition coefficient (Wildman–Crippen LogP) is 2.21. The van der Waals surface area contributed by atoms with Crippen molar-refractivity contribution in [3.63, 3.8) is 0 Å². The van der Waals surface area contributed by atoms with Crippen LogP contribution in [0.25, 0.3) is 0 Å². The molecule has 1 atom stereocenters. The van der Waals surface area contributed by atoms with Gasteiger partial charge in [0.05, 0.1) is 32.5 Å². The highest BCUT2D eigenvalue weighted by Crippen LogP contribution is 2.26. The molecule has 0 spiro atoms. The van der Waals surface area contributed by atoms with E-state index in [0.717, 1.165) is 37.9 Å².